The quantitative estimate of drug-likeness (QED) is 0.680. The molecule has 1 amide bonds. The second kappa shape index (κ2) is 6.81. The van der Waals surface area contributed by atoms with Gasteiger partial charge in [0.1, 0.15) is 17.2 Å². The minimum Gasteiger partial charge on any atom is -0.326 e. The third-order valence-corrected chi connectivity index (χ3v) is 6.46. The van der Waals surface area contributed by atoms with E-state index in [-0.39, 0.29) is 23.3 Å². The smallest absolute Gasteiger partial charge is 0.228 e. The Kier molecular flexibility index (Phi) is 4.21. The van der Waals surface area contributed by atoms with Crippen molar-refractivity contribution in [2.75, 3.05) is 5.32 Å². The van der Waals surface area contributed by atoms with Crippen LogP contribution in [0.25, 0.3) is 22.7 Å². The Morgan fingerprint density at radius 2 is 2.20 bits per heavy atom. The van der Waals surface area contributed by atoms with Gasteiger partial charge in [-0.2, -0.15) is 5.26 Å². The highest BCUT2D eigenvalue weighted by atomic mass is 19.1. The molecule has 5 rings (SSSR count). The summed E-state index contributed by atoms with van der Waals surface area (Å²) in [6, 6.07) is 10.8. The van der Waals surface area contributed by atoms with Crippen molar-refractivity contribution in [3.05, 3.63) is 58.7 Å². The van der Waals surface area contributed by atoms with E-state index in [0.29, 0.717) is 23.3 Å². The Morgan fingerprint density at radius 1 is 1.37 bits per heavy atom. The van der Waals surface area contributed by atoms with Crippen molar-refractivity contribution in [2.24, 2.45) is 18.9 Å². The maximum absolute atomic E-state index is 14.8. The van der Waals surface area contributed by atoms with Crippen LogP contribution in [0, 0.1) is 29.0 Å². The van der Waals surface area contributed by atoms with Crippen molar-refractivity contribution in [1.29, 1.82) is 5.26 Å². The van der Waals surface area contributed by atoms with Gasteiger partial charge in [0.25, 0.3) is 0 Å². The van der Waals surface area contributed by atoms with E-state index in [9.17, 15) is 14.4 Å². The fraction of sp³-hybridized carbons (Fsp3) is 0.292. The zero-order valence-corrected chi connectivity index (χ0v) is 16.9. The number of anilines is 1. The van der Waals surface area contributed by atoms with Gasteiger partial charge in [-0.05, 0) is 66.2 Å². The molecule has 2 heterocycles. The summed E-state index contributed by atoms with van der Waals surface area (Å²) in [5.41, 5.74) is 5.09. The lowest BCUT2D eigenvalue weighted by Crippen LogP contribution is -2.32. The summed E-state index contributed by atoms with van der Waals surface area (Å²) >= 11 is 0. The summed E-state index contributed by atoms with van der Waals surface area (Å²) in [6.45, 7) is 2.03. The van der Waals surface area contributed by atoms with Crippen LogP contribution < -0.4 is 5.32 Å². The maximum Gasteiger partial charge on any atom is 0.228 e. The fourth-order valence-corrected chi connectivity index (χ4v) is 5.01. The van der Waals surface area contributed by atoms with Gasteiger partial charge in [-0.15, -0.1) is 0 Å². The number of carbonyl (C=O) groups excluding carboxylic acids is 1. The Balaban J connectivity index is 1.79. The number of allylic oxidation sites excluding steroid dienone is 1. The first kappa shape index (κ1) is 18.6. The van der Waals surface area contributed by atoms with E-state index < -0.39 is 5.82 Å². The second-order valence-electron chi connectivity index (χ2n) is 8.05. The van der Waals surface area contributed by atoms with E-state index in [1.54, 1.807) is 17.7 Å². The van der Waals surface area contributed by atoms with Crippen molar-refractivity contribution >= 4 is 34.3 Å². The normalized spacial score (nSPS) is 20.2. The number of nitrogens with one attached hydrogen (secondary N) is 1. The van der Waals surface area contributed by atoms with E-state index >= 15 is 0 Å². The zero-order valence-electron chi connectivity index (χ0n) is 16.9. The summed E-state index contributed by atoms with van der Waals surface area (Å²) < 4.78 is 16.5. The number of halogens is 1. The Labute approximate surface area is 173 Å². The molecule has 2 aromatic carbocycles. The van der Waals surface area contributed by atoms with Crippen LogP contribution in [0.4, 0.5) is 10.1 Å². The van der Waals surface area contributed by atoms with Gasteiger partial charge < -0.3 is 9.88 Å². The number of nitrogens with zero attached hydrogens (tertiary/aromatic N) is 3. The van der Waals surface area contributed by atoms with Gasteiger partial charge in [0.15, 0.2) is 0 Å². The number of hydrogen-bond donors (Lipinski definition) is 1. The number of carbonyl (C=O) groups is 1. The van der Waals surface area contributed by atoms with Crippen LogP contribution in [0.2, 0.25) is 0 Å². The molecule has 1 aromatic heterocycles. The standard InChI is InChI=1S/C24H21FN4O/c1-3-15-17-8-7-16-14(5-4-6-20(16)28-24(15)30)11-18(17)23-27-21-10-13(12-26)9-19(25)22(21)29(23)2/h4-6,9-11,15,17H,3,7-8H2,1-2H3,(H,28,30). The number of fused-ring (bicyclic) bond motifs is 3. The minimum atomic E-state index is -0.465. The monoisotopic (exact) mass is 400 g/mol. The molecule has 6 heteroatoms. The molecule has 2 aliphatic rings. The van der Waals surface area contributed by atoms with E-state index in [1.807, 2.05) is 25.1 Å². The van der Waals surface area contributed by atoms with Gasteiger partial charge in [0.05, 0.1) is 17.1 Å². The molecule has 150 valence electrons. The van der Waals surface area contributed by atoms with Crippen LogP contribution in [0.15, 0.2) is 30.3 Å². The van der Waals surface area contributed by atoms with Crippen molar-refractivity contribution in [3.8, 4) is 6.07 Å². The van der Waals surface area contributed by atoms with Crippen LogP contribution >= 0.6 is 0 Å². The molecular weight excluding hydrogens is 379 g/mol. The third-order valence-electron chi connectivity index (χ3n) is 6.46. The number of benzene rings is 2. The lowest BCUT2D eigenvalue weighted by atomic mass is 9.79. The first-order valence-electron chi connectivity index (χ1n) is 10.2. The van der Waals surface area contributed by atoms with Gasteiger partial charge in [0, 0.05) is 18.7 Å². The average Bonchev–Trinajstić information content (AvgIpc) is 2.94. The molecule has 2 bridgehead atoms. The molecule has 0 saturated heterocycles. The lowest BCUT2D eigenvalue weighted by molar-refractivity contribution is -0.121. The molecule has 0 spiro atoms. The predicted molar refractivity (Wildman–Crippen MR) is 114 cm³/mol. The van der Waals surface area contributed by atoms with Crippen molar-refractivity contribution < 1.29 is 9.18 Å². The summed E-state index contributed by atoms with van der Waals surface area (Å²) in [7, 11) is 1.79. The van der Waals surface area contributed by atoms with Crippen LogP contribution in [0.5, 0.6) is 0 Å². The number of aryl methyl sites for hydroxylation is 1. The molecular formula is C24H21FN4O. The van der Waals surface area contributed by atoms with Gasteiger partial charge >= 0.3 is 0 Å². The van der Waals surface area contributed by atoms with Gasteiger partial charge in [-0.1, -0.05) is 19.1 Å². The highest BCUT2D eigenvalue weighted by molar-refractivity contribution is 5.99. The lowest BCUT2D eigenvalue weighted by Gasteiger charge is -2.28. The summed E-state index contributed by atoms with van der Waals surface area (Å²) in [6.07, 6.45) is 4.51. The molecule has 3 aromatic rings. The Hall–Kier alpha value is -3.46. The second-order valence-corrected chi connectivity index (χ2v) is 8.05. The molecule has 1 N–H and O–H groups in total. The summed E-state index contributed by atoms with van der Waals surface area (Å²) in [4.78, 5) is 17.8. The number of aromatic nitrogens is 2. The van der Waals surface area contributed by atoms with E-state index in [1.165, 1.54) is 6.07 Å². The molecule has 1 aliphatic carbocycles. The van der Waals surface area contributed by atoms with Gasteiger partial charge in [0.2, 0.25) is 5.91 Å². The molecule has 2 unspecified atom stereocenters. The van der Waals surface area contributed by atoms with Gasteiger partial charge in [-0.25, -0.2) is 9.37 Å². The zero-order chi connectivity index (χ0) is 21.0. The van der Waals surface area contributed by atoms with E-state index in [2.05, 4.69) is 17.5 Å². The van der Waals surface area contributed by atoms with E-state index in [4.69, 9.17) is 4.98 Å². The van der Waals surface area contributed by atoms with Crippen molar-refractivity contribution in [2.45, 2.75) is 26.2 Å². The van der Waals surface area contributed by atoms with Crippen LogP contribution in [-0.2, 0) is 18.3 Å². The molecule has 2 atom stereocenters. The highest BCUT2D eigenvalue weighted by Crippen LogP contribution is 2.43. The minimum absolute atomic E-state index is 0.0186. The molecule has 1 aliphatic heterocycles. The fourth-order valence-electron chi connectivity index (χ4n) is 5.01. The molecule has 30 heavy (non-hydrogen) atoms. The Bertz CT molecular complexity index is 1280. The number of imidazole rings is 1. The van der Waals surface area contributed by atoms with Crippen LogP contribution in [0.1, 0.15) is 42.3 Å². The molecule has 0 fully saturated rings. The Morgan fingerprint density at radius 3 is 2.97 bits per heavy atom. The van der Waals surface area contributed by atoms with Crippen molar-refractivity contribution in [1.82, 2.24) is 9.55 Å². The number of amides is 1. The summed E-state index contributed by atoms with van der Waals surface area (Å²) in [5.74, 6) is -0.0177. The highest BCUT2D eigenvalue weighted by Gasteiger charge is 2.36. The number of nitriles is 1. The summed E-state index contributed by atoms with van der Waals surface area (Å²) in [5, 5.41) is 12.3. The topological polar surface area (TPSA) is 70.7 Å². The van der Waals surface area contributed by atoms with Crippen LogP contribution in [-0.4, -0.2) is 15.5 Å². The third kappa shape index (κ3) is 2.66. The average molecular weight is 400 g/mol. The maximum atomic E-state index is 14.8. The number of rotatable bonds is 2. The molecule has 0 saturated carbocycles. The first-order chi connectivity index (χ1) is 14.5. The van der Waals surface area contributed by atoms with Crippen molar-refractivity contribution in [3.63, 3.8) is 0 Å². The number of hydrogen-bond acceptors (Lipinski definition) is 3. The largest absolute Gasteiger partial charge is 0.326 e. The predicted octanol–water partition coefficient (Wildman–Crippen LogP) is 4.67. The van der Waals surface area contributed by atoms with Gasteiger partial charge in [-0.3, -0.25) is 4.79 Å². The SMILES string of the molecule is CCC1C(=O)Nc2cccc3c2CCC1C(c1nc2cc(C#N)cc(F)c2n1C)=C3. The van der Waals surface area contributed by atoms with Crippen LogP contribution in [0.3, 0.4) is 0 Å². The molecule has 5 nitrogen and oxygen atoms in total. The first-order valence-corrected chi connectivity index (χ1v) is 10.2. The van der Waals surface area contributed by atoms with E-state index in [0.717, 1.165) is 35.2 Å². The molecule has 0 radical (unpaired) electrons.